The summed E-state index contributed by atoms with van der Waals surface area (Å²) in [6.45, 7) is 7.73. The summed E-state index contributed by atoms with van der Waals surface area (Å²) in [7, 11) is 0. The molecule has 1 saturated heterocycles. The Kier molecular flexibility index (Phi) is 9.88. The van der Waals surface area contributed by atoms with Crippen LogP contribution in [0.2, 0.25) is 0 Å². The van der Waals surface area contributed by atoms with Crippen LogP contribution in [-0.2, 0) is 24.4 Å². The van der Waals surface area contributed by atoms with Crippen LogP contribution in [0.3, 0.4) is 0 Å². The first-order valence-corrected chi connectivity index (χ1v) is 14.0. The zero-order valence-corrected chi connectivity index (χ0v) is 23.7. The molecule has 0 bridgehead atoms. The number of benzene rings is 3. The van der Waals surface area contributed by atoms with Gasteiger partial charge in [0.1, 0.15) is 23.9 Å². The van der Waals surface area contributed by atoms with Gasteiger partial charge in [0.05, 0.1) is 19.3 Å². The van der Waals surface area contributed by atoms with Crippen LogP contribution in [0.25, 0.3) is 11.4 Å². The number of ether oxygens (including phenoxy) is 1. The zero-order valence-electron chi connectivity index (χ0n) is 23.7. The van der Waals surface area contributed by atoms with Gasteiger partial charge in [-0.05, 0) is 47.9 Å². The van der Waals surface area contributed by atoms with Crippen LogP contribution in [0.1, 0.15) is 22.6 Å². The molecule has 5 rings (SSSR count). The fourth-order valence-corrected chi connectivity index (χ4v) is 4.63. The molecule has 3 aromatic carbocycles. The number of halogens is 1. The molecule has 2 heterocycles. The van der Waals surface area contributed by atoms with Crippen molar-refractivity contribution in [2.24, 2.45) is 5.10 Å². The molecule has 0 radical (unpaired) electrons. The predicted octanol–water partition coefficient (Wildman–Crippen LogP) is 4.16. The fraction of sp³-hybridized carbons (Fsp3) is 0.250. The molecule has 1 fully saturated rings. The quantitative estimate of drug-likeness (QED) is 0.145. The number of nitrogens with zero attached hydrogens (tertiary/aromatic N) is 5. The number of rotatable bonds is 12. The van der Waals surface area contributed by atoms with E-state index in [9.17, 15) is 14.3 Å². The number of carbonyl (C=O) groups is 1. The van der Waals surface area contributed by atoms with Gasteiger partial charge in [0.2, 0.25) is 11.7 Å². The summed E-state index contributed by atoms with van der Waals surface area (Å²) in [5.41, 5.74) is 5.61. The molecule has 4 aromatic rings. The van der Waals surface area contributed by atoms with Crippen molar-refractivity contribution >= 4 is 12.1 Å². The van der Waals surface area contributed by atoms with E-state index in [1.54, 1.807) is 24.3 Å². The van der Waals surface area contributed by atoms with Gasteiger partial charge in [-0.2, -0.15) is 10.1 Å². The second kappa shape index (κ2) is 14.3. The summed E-state index contributed by atoms with van der Waals surface area (Å²) in [5, 5.41) is 18.4. The predicted molar refractivity (Wildman–Crippen MR) is 160 cm³/mol. The van der Waals surface area contributed by atoms with Crippen LogP contribution < -0.4 is 10.2 Å². The van der Waals surface area contributed by atoms with Gasteiger partial charge in [-0.15, -0.1) is 6.58 Å². The van der Waals surface area contributed by atoms with Crippen molar-refractivity contribution in [2.45, 2.75) is 19.6 Å². The third-order valence-corrected chi connectivity index (χ3v) is 7.00. The number of hydrogen-bond acceptors (Lipinski definition) is 9. The van der Waals surface area contributed by atoms with Crippen molar-refractivity contribution in [2.75, 3.05) is 32.7 Å². The smallest absolute Gasteiger partial charge is 0.254 e. The number of allylic oxidation sites excluding steroid dienone is 1. The summed E-state index contributed by atoms with van der Waals surface area (Å²) in [4.78, 5) is 21.2. The van der Waals surface area contributed by atoms with E-state index in [1.807, 2.05) is 36.4 Å². The van der Waals surface area contributed by atoms with E-state index in [1.165, 1.54) is 18.3 Å². The Morgan fingerprint density at radius 1 is 1.07 bits per heavy atom. The first-order chi connectivity index (χ1) is 21.0. The summed E-state index contributed by atoms with van der Waals surface area (Å²) >= 11 is 0. The van der Waals surface area contributed by atoms with Crippen molar-refractivity contribution in [3.63, 3.8) is 0 Å². The van der Waals surface area contributed by atoms with Crippen LogP contribution in [0.15, 0.2) is 89.0 Å². The Labute approximate surface area is 249 Å². The third kappa shape index (κ3) is 8.34. The van der Waals surface area contributed by atoms with Gasteiger partial charge in [0, 0.05) is 37.3 Å². The second-order valence-electron chi connectivity index (χ2n) is 10.1. The third-order valence-electron chi connectivity index (χ3n) is 7.00. The average molecular weight is 585 g/mol. The van der Waals surface area contributed by atoms with Crippen molar-refractivity contribution in [1.82, 2.24) is 25.4 Å². The van der Waals surface area contributed by atoms with Crippen LogP contribution in [0.5, 0.6) is 11.5 Å². The lowest BCUT2D eigenvalue weighted by atomic mass is 10.1. The Morgan fingerprint density at radius 2 is 1.81 bits per heavy atom. The summed E-state index contributed by atoms with van der Waals surface area (Å²) in [6.07, 6.45) is 3.70. The van der Waals surface area contributed by atoms with Crippen LogP contribution in [0, 0.1) is 5.82 Å². The molecule has 1 aliphatic heterocycles. The van der Waals surface area contributed by atoms with Gasteiger partial charge in [0.25, 0.3) is 5.91 Å². The maximum atomic E-state index is 13.1. The molecule has 11 heteroatoms. The molecule has 222 valence electrons. The van der Waals surface area contributed by atoms with Gasteiger partial charge in [-0.3, -0.25) is 14.6 Å². The van der Waals surface area contributed by atoms with Crippen LogP contribution in [-0.4, -0.2) is 69.9 Å². The number of hydrogen-bond donors (Lipinski definition) is 2. The van der Waals surface area contributed by atoms with Gasteiger partial charge < -0.3 is 14.4 Å². The molecule has 0 spiro atoms. The molecule has 0 saturated carbocycles. The number of para-hydroxylation sites is 1. The minimum Gasteiger partial charge on any atom is -0.507 e. The SMILES string of the molecule is C=CCc1cccc(/C=N/NC(=O)CN2CCN(Cc3nc(-c4ccc(COc5ccc(F)cc5)cc4)no3)CC2)c1O. The molecule has 43 heavy (non-hydrogen) atoms. The van der Waals surface area contributed by atoms with Gasteiger partial charge in [-0.1, -0.05) is 47.6 Å². The molecular formula is C32H33FN6O4. The van der Waals surface area contributed by atoms with E-state index in [2.05, 4.69) is 37.0 Å². The molecule has 1 amide bonds. The summed E-state index contributed by atoms with van der Waals surface area (Å²) in [6, 6.07) is 19.0. The van der Waals surface area contributed by atoms with E-state index in [-0.39, 0.29) is 24.0 Å². The highest BCUT2D eigenvalue weighted by atomic mass is 19.1. The topological polar surface area (TPSA) is 116 Å². The van der Waals surface area contributed by atoms with E-state index in [0.29, 0.717) is 55.7 Å². The molecule has 0 unspecified atom stereocenters. The molecule has 2 N–H and O–H groups in total. The monoisotopic (exact) mass is 584 g/mol. The van der Waals surface area contributed by atoms with E-state index in [0.717, 1.165) is 29.8 Å². The Balaban J connectivity index is 1.03. The number of piperazine rings is 1. The Hall–Kier alpha value is -4.87. The molecule has 0 atom stereocenters. The summed E-state index contributed by atoms with van der Waals surface area (Å²) in [5.74, 6) is 1.25. The summed E-state index contributed by atoms with van der Waals surface area (Å²) < 4.78 is 24.2. The highest BCUT2D eigenvalue weighted by Crippen LogP contribution is 2.22. The number of phenolic OH excluding ortho intramolecular Hbond substituents is 1. The lowest BCUT2D eigenvalue weighted by Crippen LogP contribution is -2.48. The number of phenols is 1. The number of aromatic hydroxyl groups is 1. The highest BCUT2D eigenvalue weighted by molar-refractivity contribution is 5.86. The minimum absolute atomic E-state index is 0.132. The second-order valence-corrected chi connectivity index (χ2v) is 10.1. The fourth-order valence-electron chi connectivity index (χ4n) is 4.63. The average Bonchev–Trinajstić information content (AvgIpc) is 3.48. The molecule has 1 aromatic heterocycles. The Bertz CT molecular complexity index is 1550. The standard InChI is InChI=1S/C32H33FN6O4/c1-2-4-24-5-3-6-26(31(24)41)19-34-36-29(40)20-38-15-17-39(18-16-38)21-30-35-32(37-43-30)25-9-7-23(8-10-25)22-42-28-13-11-27(33)12-14-28/h2-3,5-14,19,41H,1,4,15-18,20-22H2,(H,36,40)/b34-19+. The van der Waals surface area contributed by atoms with Crippen molar-refractivity contribution in [3.8, 4) is 22.9 Å². The van der Waals surface area contributed by atoms with E-state index in [4.69, 9.17) is 9.26 Å². The van der Waals surface area contributed by atoms with Gasteiger partial charge >= 0.3 is 0 Å². The first-order valence-electron chi connectivity index (χ1n) is 14.0. The van der Waals surface area contributed by atoms with Crippen molar-refractivity contribution in [1.29, 1.82) is 0 Å². The first kappa shape index (κ1) is 29.6. The normalized spacial score (nSPS) is 14.2. The van der Waals surface area contributed by atoms with Gasteiger partial charge in [0.15, 0.2) is 0 Å². The van der Waals surface area contributed by atoms with E-state index >= 15 is 0 Å². The van der Waals surface area contributed by atoms with Gasteiger partial charge in [-0.25, -0.2) is 9.82 Å². The lowest BCUT2D eigenvalue weighted by molar-refractivity contribution is -0.122. The number of carbonyl (C=O) groups excluding carboxylic acids is 1. The van der Waals surface area contributed by atoms with Crippen molar-refractivity contribution < 1.29 is 23.6 Å². The molecular weight excluding hydrogens is 551 g/mol. The molecule has 1 aliphatic rings. The maximum absolute atomic E-state index is 13.1. The van der Waals surface area contributed by atoms with Crippen molar-refractivity contribution in [3.05, 3.63) is 108 Å². The zero-order chi connectivity index (χ0) is 30.0. The number of nitrogens with one attached hydrogen (secondary N) is 1. The minimum atomic E-state index is -0.300. The highest BCUT2D eigenvalue weighted by Gasteiger charge is 2.21. The number of hydrazone groups is 1. The maximum Gasteiger partial charge on any atom is 0.254 e. The lowest BCUT2D eigenvalue weighted by Gasteiger charge is -2.33. The number of aromatic nitrogens is 2. The Morgan fingerprint density at radius 3 is 2.56 bits per heavy atom. The van der Waals surface area contributed by atoms with Crippen LogP contribution in [0.4, 0.5) is 4.39 Å². The molecule has 0 aliphatic carbocycles. The van der Waals surface area contributed by atoms with Crippen LogP contribution >= 0.6 is 0 Å². The molecule has 10 nitrogen and oxygen atoms in total. The largest absolute Gasteiger partial charge is 0.507 e. The number of amides is 1. The van der Waals surface area contributed by atoms with E-state index < -0.39 is 0 Å².